The van der Waals surface area contributed by atoms with E-state index in [-0.39, 0.29) is 0 Å². The molecule has 2 saturated carbocycles. The van der Waals surface area contributed by atoms with E-state index in [1.54, 1.807) is 0 Å². The minimum Gasteiger partial charge on any atom is -0.493 e. The molecule has 1 aromatic carbocycles. The van der Waals surface area contributed by atoms with Crippen LogP contribution in [0.15, 0.2) is 23.2 Å². The standard InChI is InChI=1S/C18H27N3O/c1-13-5-8-16(17(9-13)22-12-15-6-7-15)11-21-18(19)20-10-14-3-2-4-14/h5,8-9,14-15H,2-4,6-7,10-12H2,1H3,(H3,19,20,21). The van der Waals surface area contributed by atoms with Crippen LogP contribution in [-0.4, -0.2) is 19.1 Å². The van der Waals surface area contributed by atoms with Crippen molar-refractivity contribution >= 4 is 5.96 Å². The average Bonchev–Trinajstić information content (AvgIpc) is 3.26. The molecule has 2 fully saturated rings. The SMILES string of the molecule is Cc1ccc(CN=C(N)NCC2CCC2)c(OCC2CC2)c1. The Kier molecular flexibility index (Phi) is 4.86. The van der Waals surface area contributed by atoms with Crippen LogP contribution in [0.1, 0.15) is 43.2 Å². The Morgan fingerprint density at radius 2 is 2.09 bits per heavy atom. The summed E-state index contributed by atoms with van der Waals surface area (Å²) < 4.78 is 5.97. The first-order valence-corrected chi connectivity index (χ1v) is 8.47. The van der Waals surface area contributed by atoms with Crippen molar-refractivity contribution in [2.24, 2.45) is 22.6 Å². The maximum absolute atomic E-state index is 5.97. The van der Waals surface area contributed by atoms with Crippen LogP contribution in [0, 0.1) is 18.8 Å². The van der Waals surface area contributed by atoms with E-state index < -0.39 is 0 Å². The van der Waals surface area contributed by atoms with Crippen molar-refractivity contribution in [2.45, 2.75) is 45.6 Å². The normalized spacial score (nSPS) is 18.9. The summed E-state index contributed by atoms with van der Waals surface area (Å²) in [5.41, 5.74) is 8.29. The van der Waals surface area contributed by atoms with Crippen LogP contribution in [0.25, 0.3) is 0 Å². The van der Waals surface area contributed by atoms with Gasteiger partial charge >= 0.3 is 0 Å². The number of guanidine groups is 1. The summed E-state index contributed by atoms with van der Waals surface area (Å²) in [6, 6.07) is 6.30. The van der Waals surface area contributed by atoms with Gasteiger partial charge < -0.3 is 15.8 Å². The van der Waals surface area contributed by atoms with Crippen molar-refractivity contribution in [3.8, 4) is 5.75 Å². The molecule has 2 aliphatic rings. The predicted molar refractivity (Wildman–Crippen MR) is 90.1 cm³/mol. The van der Waals surface area contributed by atoms with E-state index >= 15 is 0 Å². The molecule has 22 heavy (non-hydrogen) atoms. The minimum atomic E-state index is 0.542. The van der Waals surface area contributed by atoms with Gasteiger partial charge in [-0.15, -0.1) is 0 Å². The van der Waals surface area contributed by atoms with E-state index in [0.29, 0.717) is 12.5 Å². The number of rotatable bonds is 7. The molecule has 0 bridgehead atoms. The van der Waals surface area contributed by atoms with Gasteiger partial charge in [0.1, 0.15) is 5.75 Å². The van der Waals surface area contributed by atoms with Gasteiger partial charge in [-0.25, -0.2) is 4.99 Å². The molecule has 3 rings (SSSR count). The van der Waals surface area contributed by atoms with Gasteiger partial charge in [0, 0.05) is 12.1 Å². The van der Waals surface area contributed by atoms with Gasteiger partial charge in [-0.2, -0.15) is 0 Å². The molecule has 0 spiro atoms. The van der Waals surface area contributed by atoms with Crippen molar-refractivity contribution in [3.05, 3.63) is 29.3 Å². The van der Waals surface area contributed by atoms with Crippen LogP contribution in [0.4, 0.5) is 0 Å². The lowest BCUT2D eigenvalue weighted by atomic mass is 9.85. The first-order chi connectivity index (χ1) is 10.7. The highest BCUT2D eigenvalue weighted by Crippen LogP contribution is 2.31. The Morgan fingerprint density at radius 1 is 1.27 bits per heavy atom. The monoisotopic (exact) mass is 301 g/mol. The Morgan fingerprint density at radius 3 is 2.77 bits per heavy atom. The van der Waals surface area contributed by atoms with E-state index in [9.17, 15) is 0 Å². The van der Waals surface area contributed by atoms with Gasteiger partial charge in [0.05, 0.1) is 13.2 Å². The van der Waals surface area contributed by atoms with E-state index in [0.717, 1.165) is 36.3 Å². The average molecular weight is 301 g/mol. The second-order valence-electron chi connectivity index (χ2n) is 6.74. The van der Waals surface area contributed by atoms with Crippen molar-refractivity contribution in [3.63, 3.8) is 0 Å². The van der Waals surface area contributed by atoms with E-state index in [4.69, 9.17) is 10.5 Å². The lowest BCUT2D eigenvalue weighted by Gasteiger charge is -2.25. The molecule has 0 heterocycles. The molecule has 4 nitrogen and oxygen atoms in total. The highest BCUT2D eigenvalue weighted by Gasteiger charge is 2.22. The Bertz CT molecular complexity index is 533. The summed E-state index contributed by atoms with van der Waals surface area (Å²) in [4.78, 5) is 4.46. The Labute approximate surface area is 133 Å². The van der Waals surface area contributed by atoms with Gasteiger partial charge in [0.25, 0.3) is 0 Å². The molecule has 0 aromatic heterocycles. The van der Waals surface area contributed by atoms with Gasteiger partial charge in [0.15, 0.2) is 5.96 Å². The highest BCUT2D eigenvalue weighted by atomic mass is 16.5. The number of aliphatic imine (C=N–C) groups is 1. The summed E-state index contributed by atoms with van der Waals surface area (Å²) >= 11 is 0. The zero-order valence-electron chi connectivity index (χ0n) is 13.5. The summed E-state index contributed by atoms with van der Waals surface area (Å²) in [5, 5.41) is 3.23. The smallest absolute Gasteiger partial charge is 0.188 e. The van der Waals surface area contributed by atoms with Crippen LogP contribution in [0.3, 0.4) is 0 Å². The number of aryl methyl sites for hydroxylation is 1. The molecular formula is C18H27N3O. The third-order valence-electron chi connectivity index (χ3n) is 4.61. The molecule has 0 aliphatic heterocycles. The number of nitrogens with two attached hydrogens (primary N) is 1. The Balaban J connectivity index is 1.54. The fourth-order valence-electron chi connectivity index (χ4n) is 2.59. The lowest BCUT2D eigenvalue weighted by molar-refractivity contribution is 0.296. The molecule has 0 amide bonds. The van der Waals surface area contributed by atoms with Gasteiger partial charge in [0.2, 0.25) is 0 Å². The third-order valence-corrected chi connectivity index (χ3v) is 4.61. The number of nitrogens with one attached hydrogen (secondary N) is 1. The maximum atomic E-state index is 5.97. The molecule has 0 radical (unpaired) electrons. The quantitative estimate of drug-likeness (QED) is 0.601. The highest BCUT2D eigenvalue weighted by molar-refractivity contribution is 5.77. The molecule has 0 unspecified atom stereocenters. The number of ether oxygens (including phenoxy) is 1. The van der Waals surface area contributed by atoms with Gasteiger partial charge in [-0.05, 0) is 56.1 Å². The molecule has 0 atom stereocenters. The topological polar surface area (TPSA) is 59.6 Å². The van der Waals surface area contributed by atoms with Crippen molar-refractivity contribution in [1.82, 2.24) is 5.32 Å². The number of hydrogen-bond donors (Lipinski definition) is 2. The molecule has 2 aliphatic carbocycles. The number of benzene rings is 1. The van der Waals surface area contributed by atoms with E-state index in [2.05, 4.69) is 35.4 Å². The van der Waals surface area contributed by atoms with E-state index in [1.165, 1.54) is 37.7 Å². The summed E-state index contributed by atoms with van der Waals surface area (Å²) in [7, 11) is 0. The van der Waals surface area contributed by atoms with Crippen molar-refractivity contribution < 1.29 is 4.74 Å². The maximum Gasteiger partial charge on any atom is 0.188 e. The molecule has 0 saturated heterocycles. The summed E-state index contributed by atoms with van der Waals surface area (Å²) in [6.07, 6.45) is 6.60. The van der Waals surface area contributed by atoms with Crippen molar-refractivity contribution in [2.75, 3.05) is 13.2 Å². The first-order valence-electron chi connectivity index (χ1n) is 8.47. The van der Waals surface area contributed by atoms with Crippen LogP contribution in [-0.2, 0) is 6.54 Å². The minimum absolute atomic E-state index is 0.542. The third kappa shape index (κ3) is 4.39. The lowest BCUT2D eigenvalue weighted by Crippen LogP contribution is -2.37. The van der Waals surface area contributed by atoms with Crippen LogP contribution in [0.5, 0.6) is 5.75 Å². The van der Waals surface area contributed by atoms with Crippen LogP contribution in [0.2, 0.25) is 0 Å². The summed E-state index contributed by atoms with van der Waals surface area (Å²) in [6.45, 7) is 4.44. The Hall–Kier alpha value is -1.71. The second-order valence-corrected chi connectivity index (χ2v) is 6.74. The molecule has 1 aromatic rings. The fraction of sp³-hybridized carbons (Fsp3) is 0.611. The molecule has 120 valence electrons. The van der Waals surface area contributed by atoms with E-state index in [1.807, 2.05) is 0 Å². The fourth-order valence-corrected chi connectivity index (χ4v) is 2.59. The second kappa shape index (κ2) is 7.03. The molecule has 3 N–H and O–H groups in total. The van der Waals surface area contributed by atoms with Gasteiger partial charge in [-0.1, -0.05) is 18.6 Å². The number of hydrogen-bond acceptors (Lipinski definition) is 2. The summed E-state index contributed by atoms with van der Waals surface area (Å²) in [5.74, 6) is 3.04. The predicted octanol–water partition coefficient (Wildman–Crippen LogP) is 2.99. The zero-order valence-corrected chi connectivity index (χ0v) is 13.5. The van der Waals surface area contributed by atoms with Crippen molar-refractivity contribution in [1.29, 1.82) is 0 Å². The van der Waals surface area contributed by atoms with Crippen LogP contribution < -0.4 is 15.8 Å². The number of nitrogens with zero attached hydrogens (tertiary/aromatic N) is 1. The largest absolute Gasteiger partial charge is 0.493 e. The first kappa shape index (κ1) is 15.2. The molecular weight excluding hydrogens is 274 g/mol. The molecule has 4 heteroatoms. The van der Waals surface area contributed by atoms with Gasteiger partial charge in [-0.3, -0.25) is 0 Å². The zero-order chi connectivity index (χ0) is 15.4. The van der Waals surface area contributed by atoms with Crippen LogP contribution >= 0.6 is 0 Å².